The Morgan fingerprint density at radius 2 is 1.48 bits per heavy atom. The van der Waals surface area contributed by atoms with Gasteiger partial charge in [-0.15, -0.1) is 0 Å². The van der Waals surface area contributed by atoms with E-state index in [1.807, 2.05) is 36.4 Å². The van der Waals surface area contributed by atoms with E-state index in [0.717, 1.165) is 11.1 Å². The standard InChI is InChI=1S/C23H19ClO5/c24-21-13-17(29-14-15-5-2-1-3-6-15)11-9-16(21)10-12-18-19(22(25)26)7-4-8-20(18)23(27)28/h1-9,11,13H,10,12,14H2,(H,25,26)(H,27,28). The molecule has 0 fully saturated rings. The number of benzene rings is 3. The number of aryl methyl sites for hydroxylation is 1. The second-order valence-electron chi connectivity index (χ2n) is 6.47. The van der Waals surface area contributed by atoms with Crippen molar-refractivity contribution in [1.29, 1.82) is 0 Å². The van der Waals surface area contributed by atoms with Crippen molar-refractivity contribution >= 4 is 23.5 Å². The van der Waals surface area contributed by atoms with Crippen molar-refractivity contribution in [1.82, 2.24) is 0 Å². The third-order valence-corrected chi connectivity index (χ3v) is 4.91. The highest BCUT2D eigenvalue weighted by molar-refractivity contribution is 6.31. The van der Waals surface area contributed by atoms with Gasteiger partial charge in [0.1, 0.15) is 12.4 Å². The number of hydrogen-bond donors (Lipinski definition) is 2. The lowest BCUT2D eigenvalue weighted by molar-refractivity contribution is 0.0695. The number of carboxylic acids is 2. The zero-order chi connectivity index (χ0) is 20.8. The summed E-state index contributed by atoms with van der Waals surface area (Å²) in [5.41, 5.74) is 2.09. The smallest absolute Gasteiger partial charge is 0.335 e. The molecule has 0 atom stereocenters. The van der Waals surface area contributed by atoms with Crippen molar-refractivity contribution in [3.8, 4) is 5.75 Å². The van der Waals surface area contributed by atoms with Crippen molar-refractivity contribution in [3.05, 3.63) is 99.6 Å². The van der Waals surface area contributed by atoms with E-state index < -0.39 is 11.9 Å². The molecule has 2 N–H and O–H groups in total. The van der Waals surface area contributed by atoms with E-state index in [-0.39, 0.29) is 23.1 Å². The molecule has 0 spiro atoms. The maximum Gasteiger partial charge on any atom is 0.335 e. The lowest BCUT2D eigenvalue weighted by atomic mass is 9.95. The molecule has 0 aliphatic heterocycles. The van der Waals surface area contributed by atoms with Crippen LogP contribution in [0.2, 0.25) is 5.02 Å². The number of carbonyl (C=O) groups is 2. The van der Waals surface area contributed by atoms with Gasteiger partial charge in [-0.25, -0.2) is 9.59 Å². The van der Waals surface area contributed by atoms with Crippen LogP contribution in [0.3, 0.4) is 0 Å². The van der Waals surface area contributed by atoms with Gasteiger partial charge >= 0.3 is 11.9 Å². The SMILES string of the molecule is O=C(O)c1cccc(C(=O)O)c1CCc1ccc(OCc2ccccc2)cc1Cl. The summed E-state index contributed by atoms with van der Waals surface area (Å²) in [6, 6.07) is 19.3. The molecular formula is C23H19ClO5. The zero-order valence-corrected chi connectivity index (χ0v) is 16.2. The molecule has 148 valence electrons. The monoisotopic (exact) mass is 410 g/mol. The molecule has 0 bridgehead atoms. The van der Waals surface area contributed by atoms with E-state index in [4.69, 9.17) is 16.3 Å². The molecule has 0 radical (unpaired) electrons. The topological polar surface area (TPSA) is 83.8 Å². The molecule has 0 amide bonds. The van der Waals surface area contributed by atoms with E-state index in [1.165, 1.54) is 18.2 Å². The van der Waals surface area contributed by atoms with Crippen molar-refractivity contribution in [2.75, 3.05) is 0 Å². The summed E-state index contributed by atoms with van der Waals surface area (Å²) < 4.78 is 5.75. The van der Waals surface area contributed by atoms with Crippen LogP contribution in [0.15, 0.2) is 66.7 Å². The van der Waals surface area contributed by atoms with Crippen LogP contribution < -0.4 is 4.74 Å². The van der Waals surface area contributed by atoms with E-state index in [9.17, 15) is 19.8 Å². The molecule has 3 aromatic rings. The average molecular weight is 411 g/mol. The van der Waals surface area contributed by atoms with Gasteiger partial charge in [-0.2, -0.15) is 0 Å². The first-order chi connectivity index (χ1) is 14.0. The molecule has 3 rings (SSSR count). The molecule has 6 heteroatoms. The van der Waals surface area contributed by atoms with Crippen LogP contribution in [-0.2, 0) is 19.4 Å². The van der Waals surface area contributed by atoms with Gasteiger partial charge in [0.25, 0.3) is 0 Å². The highest BCUT2D eigenvalue weighted by Crippen LogP contribution is 2.26. The van der Waals surface area contributed by atoms with Crippen LogP contribution in [-0.4, -0.2) is 22.2 Å². The lowest BCUT2D eigenvalue weighted by Crippen LogP contribution is -2.11. The molecular weight excluding hydrogens is 392 g/mol. The first-order valence-electron chi connectivity index (χ1n) is 8.99. The number of carboxylic acid groups (broad SMARTS) is 2. The lowest BCUT2D eigenvalue weighted by Gasteiger charge is -2.12. The Kier molecular flexibility index (Phi) is 6.52. The minimum absolute atomic E-state index is 0.0103. The summed E-state index contributed by atoms with van der Waals surface area (Å²) in [6.45, 7) is 0.421. The number of ether oxygens (including phenoxy) is 1. The summed E-state index contributed by atoms with van der Waals surface area (Å²) in [5.74, 6) is -1.68. The van der Waals surface area contributed by atoms with Crippen molar-refractivity contribution in [2.24, 2.45) is 0 Å². The molecule has 0 saturated carbocycles. The fourth-order valence-corrected chi connectivity index (χ4v) is 3.34. The van der Waals surface area contributed by atoms with Gasteiger partial charge in [0.15, 0.2) is 0 Å². The maximum absolute atomic E-state index is 11.5. The Labute approximate surface area is 173 Å². The van der Waals surface area contributed by atoms with Gasteiger partial charge in [-0.3, -0.25) is 0 Å². The number of hydrogen-bond acceptors (Lipinski definition) is 3. The molecule has 0 aromatic heterocycles. The summed E-state index contributed by atoms with van der Waals surface area (Å²) in [7, 11) is 0. The van der Waals surface area contributed by atoms with Gasteiger partial charge in [-0.1, -0.05) is 54.1 Å². The quantitative estimate of drug-likeness (QED) is 0.539. The van der Waals surface area contributed by atoms with Gasteiger partial charge in [0, 0.05) is 5.02 Å². The Balaban J connectivity index is 1.73. The first kappa shape index (κ1) is 20.4. The summed E-state index contributed by atoms with van der Waals surface area (Å²) in [4.78, 5) is 22.9. The Hall–Kier alpha value is -3.31. The highest BCUT2D eigenvalue weighted by Gasteiger charge is 2.18. The average Bonchev–Trinajstić information content (AvgIpc) is 2.72. The van der Waals surface area contributed by atoms with Crippen LogP contribution in [0.1, 0.15) is 37.4 Å². The minimum atomic E-state index is -1.15. The third kappa shape index (κ3) is 5.15. The number of rotatable bonds is 8. The Morgan fingerprint density at radius 1 is 0.828 bits per heavy atom. The molecule has 3 aromatic carbocycles. The predicted octanol–water partition coefficient (Wildman–Crippen LogP) is 5.10. The van der Waals surface area contributed by atoms with Gasteiger partial charge in [0.2, 0.25) is 0 Å². The molecule has 0 heterocycles. The highest BCUT2D eigenvalue weighted by atomic mass is 35.5. The molecule has 0 aliphatic carbocycles. The second kappa shape index (κ2) is 9.26. The third-order valence-electron chi connectivity index (χ3n) is 4.55. The first-order valence-corrected chi connectivity index (χ1v) is 9.37. The van der Waals surface area contributed by atoms with Crippen LogP contribution in [0, 0.1) is 0 Å². The molecule has 5 nitrogen and oxygen atoms in total. The number of halogens is 1. The van der Waals surface area contributed by atoms with Crippen LogP contribution in [0.4, 0.5) is 0 Å². The largest absolute Gasteiger partial charge is 0.489 e. The van der Waals surface area contributed by atoms with Gasteiger partial charge in [-0.05, 0) is 53.8 Å². The van der Waals surface area contributed by atoms with E-state index in [0.29, 0.717) is 23.8 Å². The molecule has 0 unspecified atom stereocenters. The van der Waals surface area contributed by atoms with Crippen molar-refractivity contribution in [2.45, 2.75) is 19.4 Å². The summed E-state index contributed by atoms with van der Waals surface area (Å²) in [6.07, 6.45) is 0.649. The van der Waals surface area contributed by atoms with Crippen LogP contribution in [0.5, 0.6) is 5.75 Å². The van der Waals surface area contributed by atoms with Crippen molar-refractivity contribution < 1.29 is 24.5 Å². The Morgan fingerprint density at radius 3 is 2.07 bits per heavy atom. The maximum atomic E-state index is 11.5. The normalized spacial score (nSPS) is 10.5. The van der Waals surface area contributed by atoms with Gasteiger partial charge in [0.05, 0.1) is 11.1 Å². The summed E-state index contributed by atoms with van der Waals surface area (Å²) in [5, 5.41) is 19.2. The van der Waals surface area contributed by atoms with E-state index >= 15 is 0 Å². The molecule has 29 heavy (non-hydrogen) atoms. The predicted molar refractivity (Wildman–Crippen MR) is 110 cm³/mol. The summed E-state index contributed by atoms with van der Waals surface area (Å²) >= 11 is 6.37. The van der Waals surface area contributed by atoms with Gasteiger partial charge < -0.3 is 14.9 Å². The van der Waals surface area contributed by atoms with Crippen molar-refractivity contribution in [3.63, 3.8) is 0 Å². The Bertz CT molecular complexity index is 998. The fraction of sp³-hybridized carbons (Fsp3) is 0.130. The molecule has 0 aliphatic rings. The zero-order valence-electron chi connectivity index (χ0n) is 15.5. The van der Waals surface area contributed by atoms with Crippen LogP contribution >= 0.6 is 11.6 Å². The second-order valence-corrected chi connectivity index (χ2v) is 6.88. The minimum Gasteiger partial charge on any atom is -0.489 e. The van der Waals surface area contributed by atoms with Crippen LogP contribution in [0.25, 0.3) is 0 Å². The fourth-order valence-electron chi connectivity index (χ4n) is 3.08. The number of aromatic carboxylic acids is 2. The van der Waals surface area contributed by atoms with E-state index in [2.05, 4.69) is 0 Å². The van der Waals surface area contributed by atoms with E-state index in [1.54, 1.807) is 12.1 Å². The molecule has 0 saturated heterocycles.